The average molecular weight is 289 g/mol. The van der Waals surface area contributed by atoms with Crippen LogP contribution >= 0.6 is 0 Å². The van der Waals surface area contributed by atoms with Gasteiger partial charge < -0.3 is 19.9 Å². The summed E-state index contributed by atoms with van der Waals surface area (Å²) < 4.78 is 11.6. The van der Waals surface area contributed by atoms with E-state index in [0.29, 0.717) is 30.1 Å². The van der Waals surface area contributed by atoms with Crippen molar-refractivity contribution >= 4 is 5.91 Å². The van der Waals surface area contributed by atoms with Crippen molar-refractivity contribution in [3.8, 4) is 11.5 Å². The maximum absolute atomic E-state index is 12.2. The van der Waals surface area contributed by atoms with Gasteiger partial charge in [-0.15, -0.1) is 0 Å². The van der Waals surface area contributed by atoms with Crippen LogP contribution in [0.4, 0.5) is 0 Å². The number of allylic oxidation sites excluding steroid dienone is 1. The molecule has 5 heteroatoms. The van der Waals surface area contributed by atoms with Gasteiger partial charge in [-0.05, 0) is 26.8 Å². The third-order valence-electron chi connectivity index (χ3n) is 3.97. The molecule has 2 heterocycles. The van der Waals surface area contributed by atoms with Crippen molar-refractivity contribution < 1.29 is 19.4 Å². The van der Waals surface area contributed by atoms with Crippen LogP contribution in [0.5, 0.6) is 11.5 Å². The van der Waals surface area contributed by atoms with Gasteiger partial charge in [-0.25, -0.2) is 0 Å². The molecule has 112 valence electrons. The van der Waals surface area contributed by atoms with E-state index in [4.69, 9.17) is 9.47 Å². The lowest BCUT2D eigenvalue weighted by Crippen LogP contribution is -2.58. The minimum atomic E-state index is -0.777. The number of amides is 1. The van der Waals surface area contributed by atoms with E-state index in [2.05, 4.69) is 5.32 Å². The maximum atomic E-state index is 12.2. The molecule has 0 saturated carbocycles. The van der Waals surface area contributed by atoms with Crippen LogP contribution in [0.1, 0.15) is 38.7 Å². The molecule has 0 spiro atoms. The highest BCUT2D eigenvalue weighted by molar-refractivity contribution is 5.97. The quantitative estimate of drug-likeness (QED) is 0.649. The van der Waals surface area contributed by atoms with Crippen LogP contribution in [0, 0.1) is 0 Å². The topological polar surface area (TPSA) is 67.8 Å². The molecular weight excluding hydrogens is 270 g/mol. The molecule has 0 aliphatic carbocycles. The largest absolute Gasteiger partial charge is 0.512 e. The summed E-state index contributed by atoms with van der Waals surface area (Å²) in [6, 6.07) is 5.65. The molecule has 2 N–H and O–H groups in total. The van der Waals surface area contributed by atoms with Crippen LogP contribution in [-0.2, 0) is 4.79 Å². The summed E-state index contributed by atoms with van der Waals surface area (Å²) in [5, 5.41) is 12.7. The highest BCUT2D eigenvalue weighted by atomic mass is 16.5. The summed E-state index contributed by atoms with van der Waals surface area (Å²) in [5.74, 6) is 0.905. The molecule has 2 unspecified atom stereocenters. The van der Waals surface area contributed by atoms with Crippen LogP contribution in [0.15, 0.2) is 29.5 Å². The highest BCUT2D eigenvalue weighted by Gasteiger charge is 2.48. The van der Waals surface area contributed by atoms with E-state index in [1.807, 2.05) is 32.0 Å². The van der Waals surface area contributed by atoms with Gasteiger partial charge in [0.05, 0.1) is 17.9 Å². The summed E-state index contributed by atoms with van der Waals surface area (Å²) in [6.07, 6.45) is 0.592. The van der Waals surface area contributed by atoms with Gasteiger partial charge in [-0.1, -0.05) is 12.1 Å². The first-order valence-electron chi connectivity index (χ1n) is 7.12. The van der Waals surface area contributed by atoms with Crippen molar-refractivity contribution in [2.24, 2.45) is 0 Å². The Bertz CT molecular complexity index is 633. The normalized spacial score (nSPS) is 29.1. The molecule has 1 aromatic carbocycles. The number of nitrogens with one attached hydrogen (secondary N) is 1. The van der Waals surface area contributed by atoms with Crippen LogP contribution in [-0.4, -0.2) is 23.3 Å². The first-order chi connectivity index (χ1) is 9.95. The maximum Gasteiger partial charge on any atom is 0.254 e. The minimum absolute atomic E-state index is 0.0502. The van der Waals surface area contributed by atoms with E-state index in [1.165, 1.54) is 0 Å². The number of ether oxygens (including phenoxy) is 2. The number of rotatable bonds is 2. The molecule has 1 saturated heterocycles. The number of carbonyl (C=O) groups excluding carboxylic acids is 1. The summed E-state index contributed by atoms with van der Waals surface area (Å²) in [4.78, 5) is 12.2. The van der Waals surface area contributed by atoms with Crippen molar-refractivity contribution in [1.29, 1.82) is 0 Å². The number of fused-ring (bicyclic) bond motifs is 4. The number of hydrogen-bond donors (Lipinski definition) is 2. The van der Waals surface area contributed by atoms with E-state index in [-0.39, 0.29) is 17.6 Å². The average Bonchev–Trinajstić information content (AvgIpc) is 2.38. The van der Waals surface area contributed by atoms with E-state index in [0.717, 1.165) is 5.56 Å². The fourth-order valence-corrected chi connectivity index (χ4v) is 3.17. The monoisotopic (exact) mass is 289 g/mol. The van der Waals surface area contributed by atoms with E-state index in [9.17, 15) is 9.90 Å². The Morgan fingerprint density at radius 3 is 3.00 bits per heavy atom. The zero-order valence-electron chi connectivity index (χ0n) is 12.4. The second kappa shape index (κ2) is 4.69. The third-order valence-corrected chi connectivity index (χ3v) is 3.97. The Morgan fingerprint density at radius 2 is 2.33 bits per heavy atom. The zero-order chi connectivity index (χ0) is 15.2. The number of benzene rings is 1. The molecule has 21 heavy (non-hydrogen) atoms. The van der Waals surface area contributed by atoms with Gasteiger partial charge in [-0.2, -0.15) is 0 Å². The van der Waals surface area contributed by atoms with Gasteiger partial charge in [-0.3, -0.25) is 4.79 Å². The van der Waals surface area contributed by atoms with Crippen molar-refractivity contribution in [3.05, 3.63) is 35.1 Å². The van der Waals surface area contributed by atoms with E-state index >= 15 is 0 Å². The number of aliphatic hydroxyl groups is 1. The highest BCUT2D eigenvalue weighted by Crippen LogP contribution is 2.50. The summed E-state index contributed by atoms with van der Waals surface area (Å²) in [6.45, 7) is 5.83. The Kier molecular flexibility index (Phi) is 3.08. The Labute approximate surface area is 123 Å². The van der Waals surface area contributed by atoms with Crippen LogP contribution in [0.3, 0.4) is 0 Å². The first-order valence-corrected chi connectivity index (χ1v) is 7.12. The molecule has 5 nitrogen and oxygen atoms in total. The first kappa shape index (κ1) is 13.8. The third kappa shape index (κ3) is 2.13. The molecule has 0 radical (unpaired) electrons. The molecule has 3 rings (SSSR count). The van der Waals surface area contributed by atoms with Crippen molar-refractivity contribution in [3.63, 3.8) is 0 Å². The molecule has 1 amide bonds. The molecule has 2 atom stereocenters. The fourth-order valence-electron chi connectivity index (χ4n) is 3.17. The zero-order valence-corrected chi connectivity index (χ0v) is 12.4. The second-order valence-electron chi connectivity index (χ2n) is 5.65. The van der Waals surface area contributed by atoms with Crippen molar-refractivity contribution in [2.45, 2.75) is 38.8 Å². The van der Waals surface area contributed by atoms with Gasteiger partial charge in [0.2, 0.25) is 0 Å². The lowest BCUT2D eigenvalue weighted by Gasteiger charge is -2.45. The number of hydrogen-bond acceptors (Lipinski definition) is 4. The molecule has 1 fully saturated rings. The minimum Gasteiger partial charge on any atom is -0.512 e. The Balaban J connectivity index is 2.18. The Hall–Kier alpha value is -2.17. The number of carbonyl (C=O) groups is 1. The summed E-state index contributed by atoms with van der Waals surface area (Å²) in [7, 11) is 0. The number of para-hydroxylation sites is 1. The van der Waals surface area contributed by atoms with Crippen LogP contribution in [0.25, 0.3) is 0 Å². The number of piperidine rings is 1. The van der Waals surface area contributed by atoms with Crippen LogP contribution < -0.4 is 14.8 Å². The standard InChI is InChI=1S/C16H19NO4/c1-4-20-12-7-5-6-10-11-8-16(3,21-14(10)12)17-15(19)13(11)9(2)18/h5-7,11,18H,4,8H2,1-3H3,(H,17,19)/b13-9+. The van der Waals surface area contributed by atoms with Crippen molar-refractivity contribution in [2.75, 3.05) is 6.61 Å². The second-order valence-corrected chi connectivity index (χ2v) is 5.65. The molecule has 2 aliphatic heterocycles. The smallest absolute Gasteiger partial charge is 0.254 e. The van der Waals surface area contributed by atoms with E-state index in [1.54, 1.807) is 6.92 Å². The molecule has 2 aliphatic rings. The van der Waals surface area contributed by atoms with E-state index < -0.39 is 5.72 Å². The lowest BCUT2D eigenvalue weighted by molar-refractivity contribution is -0.127. The molecular formula is C16H19NO4. The van der Waals surface area contributed by atoms with Gasteiger partial charge in [0.15, 0.2) is 17.2 Å². The summed E-state index contributed by atoms with van der Waals surface area (Å²) >= 11 is 0. The SMILES string of the molecule is CCOc1cccc2c1OC1(C)CC2/C(=C(/C)O)C(=O)N1. The molecule has 1 aromatic rings. The molecule has 0 aromatic heterocycles. The number of aliphatic hydroxyl groups excluding tert-OH is 1. The molecule has 2 bridgehead atoms. The van der Waals surface area contributed by atoms with Gasteiger partial charge in [0.1, 0.15) is 0 Å². The van der Waals surface area contributed by atoms with Crippen LogP contribution in [0.2, 0.25) is 0 Å². The Morgan fingerprint density at radius 1 is 1.57 bits per heavy atom. The summed E-state index contributed by atoms with van der Waals surface area (Å²) in [5.41, 5.74) is 0.517. The van der Waals surface area contributed by atoms with Gasteiger partial charge in [0.25, 0.3) is 5.91 Å². The fraction of sp³-hybridized carbons (Fsp3) is 0.438. The van der Waals surface area contributed by atoms with Gasteiger partial charge in [0, 0.05) is 17.9 Å². The predicted molar refractivity (Wildman–Crippen MR) is 77.5 cm³/mol. The predicted octanol–water partition coefficient (Wildman–Crippen LogP) is 2.63. The van der Waals surface area contributed by atoms with Crippen molar-refractivity contribution in [1.82, 2.24) is 5.32 Å². The lowest BCUT2D eigenvalue weighted by atomic mass is 9.78. The van der Waals surface area contributed by atoms with Gasteiger partial charge >= 0.3 is 0 Å².